The molecule has 3 nitrogen and oxygen atoms in total. The van der Waals surface area contributed by atoms with Crippen molar-refractivity contribution >= 4 is 5.91 Å². The number of nitrogens with two attached hydrogens (primary N) is 1. The molecule has 0 spiro atoms. The standard InChI is InChI=1S/C11H24N2O/c1-5-9(3)8-13(4)11(14)10(6-2)7-12/h9-10H,5-8,12H2,1-4H3. The summed E-state index contributed by atoms with van der Waals surface area (Å²) >= 11 is 0. The molecule has 0 aliphatic heterocycles. The molecule has 2 N–H and O–H groups in total. The Bertz CT molecular complexity index is 167. The van der Waals surface area contributed by atoms with Gasteiger partial charge in [-0.2, -0.15) is 0 Å². The Balaban J connectivity index is 4.09. The number of hydrogen-bond acceptors (Lipinski definition) is 2. The second kappa shape index (κ2) is 6.82. The maximum atomic E-state index is 11.8. The number of carbonyl (C=O) groups is 1. The van der Waals surface area contributed by atoms with E-state index in [1.165, 1.54) is 0 Å². The van der Waals surface area contributed by atoms with Gasteiger partial charge in [0.05, 0.1) is 5.92 Å². The van der Waals surface area contributed by atoms with Crippen molar-refractivity contribution in [3.8, 4) is 0 Å². The smallest absolute Gasteiger partial charge is 0.226 e. The third-order valence-corrected chi connectivity index (χ3v) is 2.79. The van der Waals surface area contributed by atoms with Gasteiger partial charge in [0.15, 0.2) is 0 Å². The first kappa shape index (κ1) is 13.4. The molecule has 0 bridgehead atoms. The molecule has 2 atom stereocenters. The molecule has 0 rings (SSSR count). The highest BCUT2D eigenvalue weighted by Crippen LogP contribution is 2.08. The van der Waals surface area contributed by atoms with Gasteiger partial charge in [0.1, 0.15) is 0 Å². The number of hydrogen-bond donors (Lipinski definition) is 1. The van der Waals surface area contributed by atoms with Crippen LogP contribution in [0.25, 0.3) is 0 Å². The molecule has 3 heteroatoms. The van der Waals surface area contributed by atoms with Gasteiger partial charge in [-0.1, -0.05) is 27.2 Å². The van der Waals surface area contributed by atoms with Gasteiger partial charge >= 0.3 is 0 Å². The molecule has 14 heavy (non-hydrogen) atoms. The lowest BCUT2D eigenvalue weighted by molar-refractivity contribution is -0.134. The second-order valence-corrected chi connectivity index (χ2v) is 4.07. The lowest BCUT2D eigenvalue weighted by Crippen LogP contribution is -2.38. The van der Waals surface area contributed by atoms with Gasteiger partial charge in [0.2, 0.25) is 5.91 Å². The summed E-state index contributed by atoms with van der Waals surface area (Å²) < 4.78 is 0. The Morgan fingerprint density at radius 3 is 2.29 bits per heavy atom. The molecule has 1 amide bonds. The highest BCUT2D eigenvalue weighted by molar-refractivity contribution is 5.78. The molecule has 0 saturated carbocycles. The maximum absolute atomic E-state index is 11.8. The minimum absolute atomic E-state index is 0.00376. The molecule has 0 aromatic rings. The van der Waals surface area contributed by atoms with Crippen LogP contribution in [0.5, 0.6) is 0 Å². The molecule has 2 unspecified atom stereocenters. The fraction of sp³-hybridized carbons (Fsp3) is 0.909. The van der Waals surface area contributed by atoms with Crippen LogP contribution in [0, 0.1) is 11.8 Å². The zero-order valence-electron chi connectivity index (χ0n) is 9.92. The van der Waals surface area contributed by atoms with Crippen molar-refractivity contribution in [2.45, 2.75) is 33.6 Å². The van der Waals surface area contributed by atoms with Gasteiger partial charge in [-0.3, -0.25) is 4.79 Å². The van der Waals surface area contributed by atoms with Crippen LogP contribution in [-0.4, -0.2) is 30.9 Å². The van der Waals surface area contributed by atoms with Gasteiger partial charge in [-0.05, 0) is 12.3 Å². The Labute approximate surface area is 87.6 Å². The van der Waals surface area contributed by atoms with Crippen LogP contribution in [0.2, 0.25) is 0 Å². The molecular weight excluding hydrogens is 176 g/mol. The monoisotopic (exact) mass is 200 g/mol. The third-order valence-electron chi connectivity index (χ3n) is 2.79. The number of rotatable bonds is 6. The van der Waals surface area contributed by atoms with Gasteiger partial charge in [0.25, 0.3) is 0 Å². The largest absolute Gasteiger partial charge is 0.345 e. The van der Waals surface area contributed by atoms with E-state index in [9.17, 15) is 4.79 Å². The maximum Gasteiger partial charge on any atom is 0.226 e. The lowest BCUT2D eigenvalue weighted by atomic mass is 10.0. The van der Waals surface area contributed by atoms with E-state index in [1.54, 1.807) is 0 Å². The van der Waals surface area contributed by atoms with E-state index in [2.05, 4.69) is 13.8 Å². The summed E-state index contributed by atoms with van der Waals surface area (Å²) in [6, 6.07) is 0. The van der Waals surface area contributed by atoms with Crippen molar-refractivity contribution in [3.63, 3.8) is 0 Å². The van der Waals surface area contributed by atoms with Crippen molar-refractivity contribution in [2.24, 2.45) is 17.6 Å². The average Bonchev–Trinajstić information content (AvgIpc) is 2.19. The summed E-state index contributed by atoms with van der Waals surface area (Å²) in [5.74, 6) is 0.763. The van der Waals surface area contributed by atoms with Crippen molar-refractivity contribution < 1.29 is 4.79 Å². The van der Waals surface area contributed by atoms with Crippen LogP contribution in [0.3, 0.4) is 0 Å². The highest BCUT2D eigenvalue weighted by atomic mass is 16.2. The molecule has 0 aliphatic rings. The fourth-order valence-electron chi connectivity index (χ4n) is 1.44. The third kappa shape index (κ3) is 4.09. The van der Waals surface area contributed by atoms with Crippen molar-refractivity contribution in [2.75, 3.05) is 20.1 Å². The SMILES string of the molecule is CCC(C)CN(C)C(=O)C(CC)CN. The van der Waals surface area contributed by atoms with E-state index >= 15 is 0 Å². The van der Waals surface area contributed by atoms with E-state index in [0.29, 0.717) is 12.5 Å². The Morgan fingerprint density at radius 2 is 1.93 bits per heavy atom. The molecule has 0 radical (unpaired) electrons. The zero-order chi connectivity index (χ0) is 11.1. The van der Waals surface area contributed by atoms with E-state index in [-0.39, 0.29) is 11.8 Å². The zero-order valence-corrected chi connectivity index (χ0v) is 9.92. The molecular formula is C11H24N2O. The normalized spacial score (nSPS) is 14.9. The first-order valence-electron chi connectivity index (χ1n) is 5.51. The predicted octanol–water partition coefficient (Wildman–Crippen LogP) is 1.48. The van der Waals surface area contributed by atoms with Crippen LogP contribution < -0.4 is 5.73 Å². The highest BCUT2D eigenvalue weighted by Gasteiger charge is 2.19. The first-order chi connectivity index (χ1) is 6.56. The summed E-state index contributed by atoms with van der Waals surface area (Å²) in [5, 5.41) is 0. The van der Waals surface area contributed by atoms with Gasteiger partial charge in [-0.15, -0.1) is 0 Å². The molecule has 0 heterocycles. The van der Waals surface area contributed by atoms with Crippen LogP contribution in [-0.2, 0) is 4.79 Å². The van der Waals surface area contributed by atoms with Crippen LogP contribution in [0.15, 0.2) is 0 Å². The molecule has 0 aromatic carbocycles. The topological polar surface area (TPSA) is 46.3 Å². The van der Waals surface area contributed by atoms with Gasteiger partial charge in [-0.25, -0.2) is 0 Å². The van der Waals surface area contributed by atoms with Crippen LogP contribution >= 0.6 is 0 Å². The van der Waals surface area contributed by atoms with E-state index in [4.69, 9.17) is 5.73 Å². The summed E-state index contributed by atoms with van der Waals surface area (Å²) in [6.45, 7) is 7.61. The quantitative estimate of drug-likeness (QED) is 0.706. The average molecular weight is 200 g/mol. The predicted molar refractivity (Wildman–Crippen MR) is 59.9 cm³/mol. The van der Waals surface area contributed by atoms with Gasteiger partial charge in [0, 0.05) is 20.1 Å². The Hall–Kier alpha value is -0.570. The summed E-state index contributed by atoms with van der Waals surface area (Å²) in [5.41, 5.74) is 5.54. The van der Waals surface area contributed by atoms with Gasteiger partial charge < -0.3 is 10.6 Å². The Morgan fingerprint density at radius 1 is 1.36 bits per heavy atom. The van der Waals surface area contributed by atoms with Crippen molar-refractivity contribution in [1.82, 2.24) is 4.90 Å². The second-order valence-electron chi connectivity index (χ2n) is 4.07. The molecule has 84 valence electrons. The van der Waals surface area contributed by atoms with Crippen LogP contribution in [0.4, 0.5) is 0 Å². The number of nitrogens with zero attached hydrogens (tertiary/aromatic N) is 1. The van der Waals surface area contributed by atoms with Crippen molar-refractivity contribution in [1.29, 1.82) is 0 Å². The number of carbonyl (C=O) groups excluding carboxylic acids is 1. The minimum Gasteiger partial charge on any atom is -0.345 e. The first-order valence-corrected chi connectivity index (χ1v) is 5.51. The number of amides is 1. The van der Waals surface area contributed by atoms with E-state index < -0.39 is 0 Å². The summed E-state index contributed by atoms with van der Waals surface area (Å²) in [4.78, 5) is 13.6. The van der Waals surface area contributed by atoms with E-state index in [0.717, 1.165) is 19.4 Å². The van der Waals surface area contributed by atoms with Crippen LogP contribution in [0.1, 0.15) is 33.6 Å². The molecule has 0 saturated heterocycles. The summed E-state index contributed by atoms with van der Waals surface area (Å²) in [7, 11) is 1.87. The summed E-state index contributed by atoms with van der Waals surface area (Å²) in [6.07, 6.45) is 1.94. The lowest BCUT2D eigenvalue weighted by Gasteiger charge is -2.24. The molecule has 0 aromatic heterocycles. The van der Waals surface area contributed by atoms with Crippen molar-refractivity contribution in [3.05, 3.63) is 0 Å². The van der Waals surface area contributed by atoms with E-state index in [1.807, 2.05) is 18.9 Å². The minimum atomic E-state index is 0.00376. The molecule has 0 aliphatic carbocycles. The Kier molecular flexibility index (Phi) is 6.54. The fourth-order valence-corrected chi connectivity index (χ4v) is 1.44. The molecule has 0 fully saturated rings.